The monoisotopic (exact) mass is 303 g/mol. The predicted octanol–water partition coefficient (Wildman–Crippen LogP) is 2.58. The van der Waals surface area contributed by atoms with Crippen molar-refractivity contribution in [3.8, 4) is 0 Å². The second-order valence-electron chi connectivity index (χ2n) is 6.80. The summed E-state index contributed by atoms with van der Waals surface area (Å²) in [5.41, 5.74) is 0. The molecule has 4 nitrogen and oxygen atoms in total. The Balaban J connectivity index is 1.50. The zero-order chi connectivity index (χ0) is 15.2. The molecule has 2 aliphatic rings. The summed E-state index contributed by atoms with van der Waals surface area (Å²) >= 11 is 0. The number of anilines is 1. The normalized spacial score (nSPS) is 27.6. The molecule has 1 aliphatic carbocycles. The number of nitrogens with one attached hydrogen (secondary N) is 1. The maximum Gasteiger partial charge on any atom is 0.128 e. The minimum absolute atomic E-state index is 0.338. The highest BCUT2D eigenvalue weighted by Gasteiger charge is 2.27. The van der Waals surface area contributed by atoms with Gasteiger partial charge in [0.2, 0.25) is 0 Å². The third kappa shape index (κ3) is 3.99. The largest absolute Gasteiger partial charge is 0.396 e. The molecule has 0 radical (unpaired) electrons. The van der Waals surface area contributed by atoms with Gasteiger partial charge in [0, 0.05) is 38.0 Å². The van der Waals surface area contributed by atoms with Crippen molar-refractivity contribution in [2.24, 2.45) is 5.92 Å². The van der Waals surface area contributed by atoms with Crippen molar-refractivity contribution in [1.82, 2.24) is 10.3 Å². The molecule has 0 amide bonds. The molecule has 1 aromatic rings. The smallest absolute Gasteiger partial charge is 0.128 e. The second-order valence-corrected chi connectivity index (χ2v) is 6.80. The fourth-order valence-electron chi connectivity index (χ4n) is 3.94. The molecule has 0 spiro atoms. The first-order chi connectivity index (χ1) is 10.9. The molecule has 2 fully saturated rings. The predicted molar refractivity (Wildman–Crippen MR) is 90.1 cm³/mol. The van der Waals surface area contributed by atoms with E-state index in [9.17, 15) is 5.11 Å². The number of hydrogen-bond acceptors (Lipinski definition) is 4. The summed E-state index contributed by atoms with van der Waals surface area (Å²) < 4.78 is 0. The number of aliphatic hydroxyl groups is 1. The standard InChI is InChI=1S/C18H29N3O/c22-14-15-6-2-1-3-7-17(15)20-16-9-12-21(13-10-16)18-8-4-5-11-19-18/h4-5,8,11,15-17,20,22H,1-3,6-7,9-10,12-14H2. The van der Waals surface area contributed by atoms with Gasteiger partial charge in [-0.2, -0.15) is 0 Å². The van der Waals surface area contributed by atoms with Gasteiger partial charge in [-0.15, -0.1) is 0 Å². The van der Waals surface area contributed by atoms with Crippen LogP contribution in [-0.2, 0) is 0 Å². The molecule has 3 rings (SSSR count). The van der Waals surface area contributed by atoms with Crippen molar-refractivity contribution in [3.63, 3.8) is 0 Å². The number of nitrogens with zero attached hydrogens (tertiary/aromatic N) is 2. The third-order valence-electron chi connectivity index (χ3n) is 5.31. The van der Waals surface area contributed by atoms with Crippen LogP contribution in [0.3, 0.4) is 0 Å². The van der Waals surface area contributed by atoms with Crippen LogP contribution in [0.2, 0.25) is 0 Å². The maximum absolute atomic E-state index is 9.65. The Bertz CT molecular complexity index is 431. The molecule has 2 atom stereocenters. The summed E-state index contributed by atoms with van der Waals surface area (Å²) in [4.78, 5) is 6.84. The van der Waals surface area contributed by atoms with E-state index in [4.69, 9.17) is 0 Å². The molecular formula is C18H29N3O. The van der Waals surface area contributed by atoms with Crippen LogP contribution in [0.4, 0.5) is 5.82 Å². The van der Waals surface area contributed by atoms with Gasteiger partial charge in [-0.25, -0.2) is 4.98 Å². The number of aliphatic hydroxyl groups excluding tert-OH is 1. The highest BCUT2D eigenvalue weighted by molar-refractivity contribution is 5.38. The first-order valence-corrected chi connectivity index (χ1v) is 8.89. The number of hydrogen-bond donors (Lipinski definition) is 2. The van der Waals surface area contributed by atoms with Crippen LogP contribution < -0.4 is 10.2 Å². The average Bonchev–Trinajstić information content (AvgIpc) is 2.81. The minimum Gasteiger partial charge on any atom is -0.396 e. The van der Waals surface area contributed by atoms with E-state index in [1.165, 1.54) is 44.9 Å². The van der Waals surface area contributed by atoms with Gasteiger partial charge < -0.3 is 15.3 Å². The van der Waals surface area contributed by atoms with Gasteiger partial charge in [-0.3, -0.25) is 0 Å². The van der Waals surface area contributed by atoms with Gasteiger partial charge in [0.15, 0.2) is 0 Å². The van der Waals surface area contributed by atoms with Crippen molar-refractivity contribution in [3.05, 3.63) is 24.4 Å². The Labute approximate surface area is 133 Å². The summed E-state index contributed by atoms with van der Waals surface area (Å²) in [6.07, 6.45) is 10.5. The summed E-state index contributed by atoms with van der Waals surface area (Å²) in [6, 6.07) is 7.24. The second kappa shape index (κ2) is 7.93. The molecule has 4 heteroatoms. The Morgan fingerprint density at radius 1 is 1.09 bits per heavy atom. The zero-order valence-corrected chi connectivity index (χ0v) is 13.5. The Kier molecular flexibility index (Phi) is 5.68. The van der Waals surface area contributed by atoms with E-state index in [0.29, 0.717) is 24.6 Å². The average molecular weight is 303 g/mol. The van der Waals surface area contributed by atoms with Crippen LogP contribution in [0, 0.1) is 5.92 Å². The molecule has 122 valence electrons. The third-order valence-corrected chi connectivity index (χ3v) is 5.31. The van der Waals surface area contributed by atoms with Crippen molar-refractivity contribution in [2.75, 3.05) is 24.6 Å². The first kappa shape index (κ1) is 15.8. The zero-order valence-electron chi connectivity index (χ0n) is 13.5. The lowest BCUT2D eigenvalue weighted by Gasteiger charge is -2.36. The Morgan fingerprint density at radius 3 is 2.64 bits per heavy atom. The topological polar surface area (TPSA) is 48.4 Å². The number of pyridine rings is 1. The summed E-state index contributed by atoms with van der Waals surface area (Å²) in [5, 5.41) is 13.5. The molecule has 1 aromatic heterocycles. The molecule has 0 aromatic carbocycles. The lowest BCUT2D eigenvalue weighted by molar-refractivity contribution is 0.171. The highest BCUT2D eigenvalue weighted by Crippen LogP contribution is 2.25. The van der Waals surface area contributed by atoms with E-state index in [-0.39, 0.29) is 0 Å². The van der Waals surface area contributed by atoms with Gasteiger partial charge >= 0.3 is 0 Å². The van der Waals surface area contributed by atoms with Crippen molar-refractivity contribution in [2.45, 2.75) is 57.0 Å². The lowest BCUT2D eigenvalue weighted by Crippen LogP contribution is -2.49. The van der Waals surface area contributed by atoms with E-state index in [2.05, 4.69) is 27.3 Å². The summed E-state index contributed by atoms with van der Waals surface area (Å²) in [7, 11) is 0. The fourth-order valence-corrected chi connectivity index (χ4v) is 3.94. The number of piperidine rings is 1. The number of rotatable bonds is 4. The lowest BCUT2D eigenvalue weighted by atomic mass is 9.93. The minimum atomic E-state index is 0.338. The molecular weight excluding hydrogens is 274 g/mol. The van der Waals surface area contributed by atoms with E-state index < -0.39 is 0 Å². The van der Waals surface area contributed by atoms with Gasteiger partial charge in [0.05, 0.1) is 0 Å². The molecule has 2 heterocycles. The SMILES string of the molecule is OCC1CCCCCC1NC1CCN(c2ccccn2)CC1. The first-order valence-electron chi connectivity index (χ1n) is 8.89. The van der Waals surface area contributed by atoms with Crippen LogP contribution in [0.1, 0.15) is 44.9 Å². The van der Waals surface area contributed by atoms with Crippen molar-refractivity contribution >= 4 is 5.82 Å². The number of aromatic nitrogens is 1. The Morgan fingerprint density at radius 2 is 1.91 bits per heavy atom. The van der Waals surface area contributed by atoms with Crippen LogP contribution in [-0.4, -0.2) is 41.9 Å². The van der Waals surface area contributed by atoms with Crippen molar-refractivity contribution < 1.29 is 5.11 Å². The van der Waals surface area contributed by atoms with Crippen molar-refractivity contribution in [1.29, 1.82) is 0 Å². The highest BCUT2D eigenvalue weighted by atomic mass is 16.3. The quantitative estimate of drug-likeness (QED) is 0.839. The van der Waals surface area contributed by atoms with E-state index >= 15 is 0 Å². The molecule has 1 aliphatic heterocycles. The van der Waals surface area contributed by atoms with E-state index in [1.54, 1.807) is 0 Å². The molecule has 1 saturated heterocycles. The van der Waals surface area contributed by atoms with Gasteiger partial charge in [0.25, 0.3) is 0 Å². The van der Waals surface area contributed by atoms with Gasteiger partial charge in [-0.05, 0) is 43.7 Å². The Hall–Kier alpha value is -1.13. The molecule has 0 bridgehead atoms. The maximum atomic E-state index is 9.65. The summed E-state index contributed by atoms with van der Waals surface area (Å²) in [6.45, 7) is 2.49. The van der Waals surface area contributed by atoms with E-state index in [0.717, 1.165) is 18.9 Å². The van der Waals surface area contributed by atoms with E-state index in [1.807, 2.05) is 12.3 Å². The molecule has 22 heavy (non-hydrogen) atoms. The van der Waals surface area contributed by atoms with Crippen LogP contribution >= 0.6 is 0 Å². The molecule has 1 saturated carbocycles. The van der Waals surface area contributed by atoms with Gasteiger partial charge in [-0.1, -0.05) is 25.3 Å². The van der Waals surface area contributed by atoms with Crippen LogP contribution in [0.5, 0.6) is 0 Å². The van der Waals surface area contributed by atoms with Crippen LogP contribution in [0.25, 0.3) is 0 Å². The van der Waals surface area contributed by atoms with Gasteiger partial charge in [0.1, 0.15) is 5.82 Å². The molecule has 2 unspecified atom stereocenters. The molecule has 2 N–H and O–H groups in total. The summed E-state index contributed by atoms with van der Waals surface area (Å²) in [5.74, 6) is 1.56. The van der Waals surface area contributed by atoms with Crippen LogP contribution in [0.15, 0.2) is 24.4 Å². The fraction of sp³-hybridized carbons (Fsp3) is 0.722.